The van der Waals surface area contributed by atoms with E-state index in [1.54, 1.807) is 0 Å². The van der Waals surface area contributed by atoms with Gasteiger partial charge in [0.1, 0.15) is 5.54 Å². The molecule has 3 amide bonds. The fraction of sp³-hybridized carbons (Fsp3) is 0.485. The zero-order valence-electron chi connectivity index (χ0n) is 24.3. The van der Waals surface area contributed by atoms with Crippen molar-refractivity contribution in [3.8, 4) is 0 Å². The molecule has 1 aromatic heterocycles. The van der Waals surface area contributed by atoms with Gasteiger partial charge in [0.2, 0.25) is 11.8 Å². The molecule has 4 aliphatic rings. The summed E-state index contributed by atoms with van der Waals surface area (Å²) < 4.78 is 0. The Labute approximate surface area is 241 Å². The van der Waals surface area contributed by atoms with Gasteiger partial charge in [0.15, 0.2) is 0 Å². The Hall–Kier alpha value is -3.65. The van der Waals surface area contributed by atoms with Gasteiger partial charge in [-0.25, -0.2) is 0 Å². The highest BCUT2D eigenvalue weighted by Gasteiger charge is 2.67. The number of benzene rings is 2. The monoisotopic (exact) mass is 553 g/mol. The second-order valence-electron chi connectivity index (χ2n) is 12.4. The topological polar surface area (TPSA) is 88.7 Å². The molecule has 2 N–H and O–H groups in total. The van der Waals surface area contributed by atoms with E-state index in [4.69, 9.17) is 0 Å². The number of aromatic nitrogens is 1. The van der Waals surface area contributed by atoms with Crippen LogP contribution in [0.5, 0.6) is 0 Å². The van der Waals surface area contributed by atoms with Crippen LogP contribution < -0.4 is 10.2 Å². The maximum atomic E-state index is 14.6. The van der Waals surface area contributed by atoms with Crippen LogP contribution in [0.15, 0.2) is 36.4 Å². The highest BCUT2D eigenvalue weighted by Crippen LogP contribution is 2.57. The third-order valence-corrected chi connectivity index (χ3v) is 10.2. The summed E-state index contributed by atoms with van der Waals surface area (Å²) >= 11 is 0. The highest BCUT2D eigenvalue weighted by molar-refractivity contribution is 6.11. The number of amides is 3. The lowest BCUT2D eigenvalue weighted by Crippen LogP contribution is -2.57. The predicted octanol–water partition coefficient (Wildman–Crippen LogP) is 3.71. The van der Waals surface area contributed by atoms with E-state index < -0.39 is 11.5 Å². The van der Waals surface area contributed by atoms with Crippen molar-refractivity contribution in [3.63, 3.8) is 0 Å². The summed E-state index contributed by atoms with van der Waals surface area (Å²) in [6, 6.07) is 12.5. The van der Waals surface area contributed by atoms with Gasteiger partial charge in [-0.3, -0.25) is 19.3 Å². The van der Waals surface area contributed by atoms with E-state index in [1.807, 2.05) is 41.0 Å². The largest absolute Gasteiger partial charge is 0.358 e. The van der Waals surface area contributed by atoms with Gasteiger partial charge < -0.3 is 20.1 Å². The van der Waals surface area contributed by atoms with Gasteiger partial charge in [0, 0.05) is 60.1 Å². The van der Waals surface area contributed by atoms with Gasteiger partial charge in [-0.2, -0.15) is 0 Å². The molecule has 0 saturated carbocycles. The fourth-order valence-electron chi connectivity index (χ4n) is 8.26. The Bertz CT molecular complexity index is 1580. The maximum absolute atomic E-state index is 14.6. The molecule has 7 rings (SSSR count). The molecule has 2 aromatic carbocycles. The molecule has 3 saturated heterocycles. The lowest BCUT2D eigenvalue weighted by Gasteiger charge is -2.38. The first-order valence-electron chi connectivity index (χ1n) is 15.1. The first-order valence-corrected chi connectivity index (χ1v) is 15.1. The van der Waals surface area contributed by atoms with Crippen molar-refractivity contribution in [1.82, 2.24) is 20.1 Å². The van der Waals surface area contributed by atoms with Crippen LogP contribution in [-0.4, -0.2) is 71.3 Å². The van der Waals surface area contributed by atoms with Crippen LogP contribution in [0.25, 0.3) is 10.9 Å². The molecule has 214 valence electrons. The van der Waals surface area contributed by atoms with Crippen molar-refractivity contribution in [1.29, 1.82) is 0 Å². The number of H-pyrrole nitrogens is 1. The van der Waals surface area contributed by atoms with E-state index in [0.717, 1.165) is 58.4 Å². The average Bonchev–Trinajstić information content (AvgIpc) is 3.69. The quantitative estimate of drug-likeness (QED) is 0.507. The number of fused-ring (bicyclic) bond motifs is 5. The first-order chi connectivity index (χ1) is 19.8. The minimum absolute atomic E-state index is 0.00482. The summed E-state index contributed by atoms with van der Waals surface area (Å²) in [5.74, 6) is -0.399. The highest BCUT2D eigenvalue weighted by atomic mass is 16.2. The standard InChI is InChI=1S/C33H39N5O3/c1-20-11-12-21(2)30-29(20)24(22(3)35-30)19-28(39)36-14-7-13-34-31(40)26-18-23-8-6-15-38(23)33(26)25-9-4-5-10-27(25)37(17-16-36)32(33)41/h4-5,9-12,23,26,35H,6-8,13-19H2,1-3H3,(H,34,40)/t23-,26+,33+/m0/s1. The number of carbonyl (C=O) groups excluding carboxylic acids is 3. The van der Waals surface area contributed by atoms with E-state index in [0.29, 0.717) is 45.4 Å². The summed E-state index contributed by atoms with van der Waals surface area (Å²) in [5, 5.41) is 4.30. The maximum Gasteiger partial charge on any atom is 0.253 e. The van der Waals surface area contributed by atoms with Gasteiger partial charge >= 0.3 is 0 Å². The number of aromatic amines is 1. The summed E-state index contributed by atoms with van der Waals surface area (Å²) in [4.78, 5) is 51.8. The minimum atomic E-state index is -0.952. The van der Waals surface area contributed by atoms with Crippen LogP contribution in [0.1, 0.15) is 53.6 Å². The molecule has 0 aliphatic carbocycles. The third kappa shape index (κ3) is 3.79. The second kappa shape index (κ2) is 9.72. The number of anilines is 1. The number of hydrogen-bond donors (Lipinski definition) is 2. The van der Waals surface area contributed by atoms with E-state index in [1.165, 1.54) is 5.56 Å². The number of rotatable bonds is 2. The summed E-state index contributed by atoms with van der Waals surface area (Å²) in [5.41, 5.74) is 6.36. The lowest BCUT2D eigenvalue weighted by molar-refractivity contribution is -0.139. The Morgan fingerprint density at radius 1 is 0.976 bits per heavy atom. The van der Waals surface area contributed by atoms with Crippen LogP contribution in [-0.2, 0) is 26.3 Å². The van der Waals surface area contributed by atoms with Crippen LogP contribution in [0, 0.1) is 26.7 Å². The molecule has 41 heavy (non-hydrogen) atoms. The number of carbonyl (C=O) groups is 3. The summed E-state index contributed by atoms with van der Waals surface area (Å²) in [7, 11) is 0. The lowest BCUT2D eigenvalue weighted by atomic mass is 9.78. The van der Waals surface area contributed by atoms with Crippen molar-refractivity contribution in [3.05, 3.63) is 64.3 Å². The predicted molar refractivity (Wildman–Crippen MR) is 159 cm³/mol. The van der Waals surface area contributed by atoms with Crippen molar-refractivity contribution >= 4 is 34.3 Å². The molecule has 5 heterocycles. The number of nitrogens with zero attached hydrogens (tertiary/aromatic N) is 3. The molecule has 2 bridgehead atoms. The zero-order chi connectivity index (χ0) is 28.5. The Balaban J connectivity index is 1.22. The van der Waals surface area contributed by atoms with Crippen molar-refractivity contribution in [2.75, 3.05) is 37.6 Å². The van der Waals surface area contributed by atoms with Crippen molar-refractivity contribution in [2.45, 2.75) is 64.5 Å². The van der Waals surface area contributed by atoms with E-state index in [2.05, 4.69) is 41.2 Å². The molecular formula is C33H39N5O3. The van der Waals surface area contributed by atoms with Crippen molar-refractivity contribution in [2.24, 2.45) is 5.92 Å². The summed E-state index contributed by atoms with van der Waals surface area (Å²) in [6.07, 6.45) is 3.76. The number of hydrogen-bond acceptors (Lipinski definition) is 4. The minimum Gasteiger partial charge on any atom is -0.358 e. The number of para-hydroxylation sites is 1. The van der Waals surface area contributed by atoms with Crippen LogP contribution in [0.4, 0.5) is 5.69 Å². The van der Waals surface area contributed by atoms with E-state index in [-0.39, 0.29) is 23.8 Å². The Morgan fingerprint density at radius 3 is 2.63 bits per heavy atom. The smallest absolute Gasteiger partial charge is 0.253 e. The van der Waals surface area contributed by atoms with Gasteiger partial charge in [0.05, 0.1) is 12.3 Å². The zero-order valence-corrected chi connectivity index (χ0v) is 24.3. The molecule has 4 aliphatic heterocycles. The Kier molecular flexibility index (Phi) is 6.23. The molecule has 0 radical (unpaired) electrons. The van der Waals surface area contributed by atoms with E-state index in [9.17, 15) is 14.4 Å². The molecule has 0 unspecified atom stereocenters. The average molecular weight is 554 g/mol. The SMILES string of the molecule is Cc1[nH]c2c(C)ccc(C)c2c1CC(=O)N1CCCNC(=O)[C@H]2C[C@@H]3CCCN3[C@@]23C(=O)N(CC1)c1ccccc13. The number of aryl methyl sites for hydroxylation is 3. The van der Waals surface area contributed by atoms with Crippen LogP contribution >= 0.6 is 0 Å². The number of nitrogens with one attached hydrogen (secondary N) is 2. The molecule has 3 atom stereocenters. The van der Waals surface area contributed by atoms with Gasteiger partial charge in [-0.1, -0.05) is 30.3 Å². The van der Waals surface area contributed by atoms with Gasteiger partial charge in [-0.15, -0.1) is 0 Å². The molecule has 3 aromatic rings. The molecule has 8 heteroatoms. The van der Waals surface area contributed by atoms with Crippen LogP contribution in [0.2, 0.25) is 0 Å². The van der Waals surface area contributed by atoms with Gasteiger partial charge in [0.25, 0.3) is 5.91 Å². The van der Waals surface area contributed by atoms with Crippen molar-refractivity contribution < 1.29 is 14.4 Å². The first kappa shape index (κ1) is 26.3. The molecule has 3 fully saturated rings. The normalized spacial score (nSPS) is 26.4. The molecule has 1 spiro atoms. The van der Waals surface area contributed by atoms with E-state index >= 15 is 0 Å². The van der Waals surface area contributed by atoms with Crippen LogP contribution in [0.3, 0.4) is 0 Å². The Morgan fingerprint density at radius 2 is 1.78 bits per heavy atom. The third-order valence-electron chi connectivity index (χ3n) is 10.2. The molecular weight excluding hydrogens is 514 g/mol. The molecule has 8 nitrogen and oxygen atoms in total. The second-order valence-corrected chi connectivity index (χ2v) is 12.4. The summed E-state index contributed by atoms with van der Waals surface area (Å²) in [6.45, 7) is 8.95. The fourth-order valence-corrected chi connectivity index (χ4v) is 8.26. The van der Waals surface area contributed by atoms with Gasteiger partial charge in [-0.05, 0) is 75.8 Å².